The molecule has 1 aromatic carbocycles. The van der Waals surface area contributed by atoms with E-state index in [4.69, 9.17) is 15.2 Å². The largest absolute Gasteiger partial charge is 0.479 e. The smallest absolute Gasteiger partial charge is 0.269 e. The third-order valence-electron chi connectivity index (χ3n) is 4.99. The Kier molecular flexibility index (Phi) is 4.87. The molecule has 2 atom stereocenters. The first kappa shape index (κ1) is 16.3. The number of methoxy groups -OCH3 is 1. The second-order valence-electron chi connectivity index (χ2n) is 6.60. The second kappa shape index (κ2) is 6.89. The van der Waals surface area contributed by atoms with Crippen LogP contribution in [0.25, 0.3) is 0 Å². The molecule has 126 valence electrons. The van der Waals surface area contributed by atoms with Gasteiger partial charge in [0, 0.05) is 13.2 Å². The van der Waals surface area contributed by atoms with E-state index in [0.29, 0.717) is 11.7 Å². The lowest BCUT2D eigenvalue weighted by Gasteiger charge is -2.34. The van der Waals surface area contributed by atoms with Crippen LogP contribution in [0.1, 0.15) is 50.6 Å². The maximum absolute atomic E-state index is 12.4. The molecule has 1 heterocycles. The first-order valence-electron chi connectivity index (χ1n) is 8.48. The summed E-state index contributed by atoms with van der Waals surface area (Å²) < 4.78 is 10.9. The molecule has 1 aliphatic carbocycles. The van der Waals surface area contributed by atoms with E-state index in [9.17, 15) is 4.79 Å². The van der Waals surface area contributed by atoms with Gasteiger partial charge in [-0.3, -0.25) is 9.69 Å². The van der Waals surface area contributed by atoms with Gasteiger partial charge in [-0.25, -0.2) is 0 Å². The fraction of sp³-hybridized carbons (Fsp3) is 0.611. The minimum Gasteiger partial charge on any atom is -0.479 e. The maximum atomic E-state index is 12.4. The van der Waals surface area contributed by atoms with E-state index in [1.807, 2.05) is 18.2 Å². The number of ether oxygens (including phenoxy) is 2. The van der Waals surface area contributed by atoms with E-state index in [1.165, 1.54) is 32.1 Å². The van der Waals surface area contributed by atoms with Crippen LogP contribution in [0.5, 0.6) is 5.75 Å². The van der Waals surface area contributed by atoms with E-state index in [2.05, 4.69) is 0 Å². The molecular weight excluding hydrogens is 292 g/mol. The van der Waals surface area contributed by atoms with Gasteiger partial charge in [0.25, 0.3) is 5.91 Å². The van der Waals surface area contributed by atoms with Crippen LogP contribution in [-0.2, 0) is 9.53 Å². The van der Waals surface area contributed by atoms with Gasteiger partial charge in [-0.05, 0) is 43.4 Å². The summed E-state index contributed by atoms with van der Waals surface area (Å²) >= 11 is 0. The summed E-state index contributed by atoms with van der Waals surface area (Å²) in [6.07, 6.45) is 5.72. The van der Waals surface area contributed by atoms with Crippen molar-refractivity contribution in [3.8, 4) is 5.75 Å². The summed E-state index contributed by atoms with van der Waals surface area (Å²) in [6.45, 7) is 1.98. The molecule has 5 heteroatoms. The van der Waals surface area contributed by atoms with E-state index < -0.39 is 6.10 Å². The fourth-order valence-corrected chi connectivity index (χ4v) is 3.66. The normalized spacial score (nSPS) is 23.3. The molecule has 3 rings (SSSR count). The summed E-state index contributed by atoms with van der Waals surface area (Å²) in [5.41, 5.74) is 8.34. The number of anilines is 1. The second-order valence-corrected chi connectivity index (χ2v) is 6.60. The Morgan fingerprint density at radius 3 is 2.78 bits per heavy atom. The Hall–Kier alpha value is -1.59. The molecular formula is C18H26N2O3. The Labute approximate surface area is 137 Å². The molecule has 0 saturated heterocycles. The standard InChI is InChI=1S/C18H26N2O3/c1-12-18(21)20(11-22-2)15-10-14(8-9-16(15)23-12)17(19)13-6-4-3-5-7-13/h8-10,12-13,17H,3-7,11,19H2,1-2H3. The van der Waals surface area contributed by atoms with Crippen molar-refractivity contribution in [2.75, 3.05) is 18.7 Å². The van der Waals surface area contributed by atoms with Crippen LogP contribution in [0.4, 0.5) is 5.69 Å². The van der Waals surface area contributed by atoms with Crippen LogP contribution >= 0.6 is 0 Å². The van der Waals surface area contributed by atoms with Gasteiger partial charge in [0.15, 0.2) is 6.10 Å². The molecule has 5 nitrogen and oxygen atoms in total. The van der Waals surface area contributed by atoms with Crippen LogP contribution in [0.15, 0.2) is 18.2 Å². The van der Waals surface area contributed by atoms with Crippen LogP contribution < -0.4 is 15.4 Å². The SMILES string of the molecule is COCN1C(=O)C(C)Oc2ccc(C(N)C3CCCCC3)cc21. The molecule has 1 saturated carbocycles. The lowest BCUT2D eigenvalue weighted by Crippen LogP contribution is -2.45. The van der Waals surface area contributed by atoms with Crippen LogP contribution in [-0.4, -0.2) is 25.9 Å². The molecule has 1 aromatic rings. The monoisotopic (exact) mass is 318 g/mol. The van der Waals surface area contributed by atoms with E-state index >= 15 is 0 Å². The zero-order valence-corrected chi connectivity index (χ0v) is 14.0. The first-order valence-corrected chi connectivity index (χ1v) is 8.48. The quantitative estimate of drug-likeness (QED) is 0.927. The van der Waals surface area contributed by atoms with Crippen molar-refractivity contribution in [1.82, 2.24) is 0 Å². The first-order chi connectivity index (χ1) is 11.1. The number of fused-ring (bicyclic) bond motifs is 1. The fourth-order valence-electron chi connectivity index (χ4n) is 3.66. The number of nitrogens with two attached hydrogens (primary N) is 1. The molecule has 23 heavy (non-hydrogen) atoms. The third-order valence-corrected chi connectivity index (χ3v) is 4.99. The molecule has 1 amide bonds. The number of benzene rings is 1. The number of hydrogen-bond donors (Lipinski definition) is 1. The van der Waals surface area contributed by atoms with Crippen molar-refractivity contribution in [2.24, 2.45) is 11.7 Å². The molecule has 2 unspecified atom stereocenters. The summed E-state index contributed by atoms with van der Waals surface area (Å²) in [6, 6.07) is 5.97. The minimum absolute atomic E-state index is 0.0134. The van der Waals surface area contributed by atoms with Crippen molar-refractivity contribution in [3.63, 3.8) is 0 Å². The Morgan fingerprint density at radius 1 is 1.35 bits per heavy atom. The minimum atomic E-state index is -0.490. The van der Waals surface area contributed by atoms with Crippen molar-refractivity contribution >= 4 is 11.6 Å². The predicted molar refractivity (Wildman–Crippen MR) is 89.4 cm³/mol. The number of amides is 1. The van der Waals surface area contributed by atoms with Crippen molar-refractivity contribution in [2.45, 2.75) is 51.2 Å². The highest BCUT2D eigenvalue weighted by Gasteiger charge is 2.32. The maximum Gasteiger partial charge on any atom is 0.269 e. The highest BCUT2D eigenvalue weighted by molar-refractivity contribution is 5.99. The molecule has 0 aromatic heterocycles. The highest BCUT2D eigenvalue weighted by atomic mass is 16.5. The van der Waals surface area contributed by atoms with Crippen LogP contribution in [0.3, 0.4) is 0 Å². The molecule has 0 spiro atoms. The lowest BCUT2D eigenvalue weighted by atomic mass is 9.81. The molecule has 2 N–H and O–H groups in total. The van der Waals surface area contributed by atoms with Crippen molar-refractivity contribution in [1.29, 1.82) is 0 Å². The van der Waals surface area contributed by atoms with Crippen LogP contribution in [0, 0.1) is 5.92 Å². The number of carbonyl (C=O) groups is 1. The molecule has 2 aliphatic rings. The van der Waals surface area contributed by atoms with Gasteiger partial charge in [0.1, 0.15) is 12.5 Å². The van der Waals surface area contributed by atoms with Gasteiger partial charge in [0.2, 0.25) is 0 Å². The third kappa shape index (κ3) is 3.21. The van der Waals surface area contributed by atoms with Gasteiger partial charge >= 0.3 is 0 Å². The predicted octanol–water partition coefficient (Wildman–Crippen LogP) is 2.98. The Morgan fingerprint density at radius 2 is 2.09 bits per heavy atom. The molecule has 1 fully saturated rings. The zero-order valence-electron chi connectivity index (χ0n) is 14.0. The van der Waals surface area contributed by atoms with Gasteiger partial charge in [0.05, 0.1) is 5.69 Å². The number of nitrogens with zero attached hydrogens (tertiary/aromatic N) is 1. The molecule has 0 bridgehead atoms. The topological polar surface area (TPSA) is 64.8 Å². The number of carbonyl (C=O) groups excluding carboxylic acids is 1. The summed E-state index contributed by atoms with van der Waals surface area (Å²) in [4.78, 5) is 14.0. The Balaban J connectivity index is 1.89. The van der Waals surface area contributed by atoms with Crippen molar-refractivity contribution in [3.05, 3.63) is 23.8 Å². The highest BCUT2D eigenvalue weighted by Crippen LogP contribution is 2.39. The summed E-state index contributed by atoms with van der Waals surface area (Å²) in [5, 5.41) is 0. The average molecular weight is 318 g/mol. The number of rotatable bonds is 4. The molecule has 0 radical (unpaired) electrons. The van der Waals surface area contributed by atoms with Crippen molar-refractivity contribution < 1.29 is 14.3 Å². The van der Waals surface area contributed by atoms with Gasteiger partial charge in [-0.2, -0.15) is 0 Å². The van der Waals surface area contributed by atoms with E-state index in [1.54, 1.807) is 18.9 Å². The van der Waals surface area contributed by atoms with Gasteiger partial charge in [-0.15, -0.1) is 0 Å². The summed E-state index contributed by atoms with van der Waals surface area (Å²) in [5.74, 6) is 1.16. The molecule has 1 aliphatic heterocycles. The Bertz CT molecular complexity index is 569. The van der Waals surface area contributed by atoms with E-state index in [-0.39, 0.29) is 18.7 Å². The number of hydrogen-bond acceptors (Lipinski definition) is 4. The average Bonchev–Trinajstić information content (AvgIpc) is 2.59. The van der Waals surface area contributed by atoms with E-state index in [0.717, 1.165) is 11.3 Å². The van der Waals surface area contributed by atoms with Crippen LogP contribution in [0.2, 0.25) is 0 Å². The summed E-state index contributed by atoms with van der Waals surface area (Å²) in [7, 11) is 1.59. The lowest BCUT2D eigenvalue weighted by molar-refractivity contribution is -0.126. The van der Waals surface area contributed by atoms with Gasteiger partial charge in [-0.1, -0.05) is 25.3 Å². The zero-order chi connectivity index (χ0) is 16.4. The van der Waals surface area contributed by atoms with Gasteiger partial charge < -0.3 is 15.2 Å².